The van der Waals surface area contributed by atoms with Crippen molar-refractivity contribution in [2.24, 2.45) is 0 Å². The van der Waals surface area contributed by atoms with Gasteiger partial charge in [-0.25, -0.2) is 12.8 Å². The monoisotopic (exact) mass is 320 g/mol. The first kappa shape index (κ1) is 14.8. The summed E-state index contributed by atoms with van der Waals surface area (Å²) in [5, 5.41) is 0. The van der Waals surface area contributed by atoms with Crippen molar-refractivity contribution >= 4 is 21.4 Å². The summed E-state index contributed by atoms with van der Waals surface area (Å²) >= 11 is 0. The summed E-state index contributed by atoms with van der Waals surface area (Å²) in [6.07, 6.45) is 1.44. The molecule has 2 aromatic carbocycles. The Balaban J connectivity index is 2.16. The van der Waals surface area contributed by atoms with Crippen LogP contribution in [0.3, 0.4) is 0 Å². The highest BCUT2D eigenvalue weighted by Gasteiger charge is 2.31. The molecule has 1 aliphatic heterocycles. The Labute approximate surface area is 129 Å². The molecule has 0 saturated heterocycles. The average Bonchev–Trinajstić information content (AvgIpc) is 2.49. The summed E-state index contributed by atoms with van der Waals surface area (Å²) in [7, 11) is -3.81. The summed E-state index contributed by atoms with van der Waals surface area (Å²) in [6.45, 7) is 2.03. The minimum absolute atomic E-state index is 0.00257. The van der Waals surface area contributed by atoms with E-state index >= 15 is 0 Å². The molecule has 116 valence electrons. The van der Waals surface area contributed by atoms with Gasteiger partial charge in [0.25, 0.3) is 10.0 Å². The molecule has 0 atom stereocenters. The average molecular weight is 320 g/mol. The fourth-order valence-electron chi connectivity index (χ4n) is 2.84. The van der Waals surface area contributed by atoms with Gasteiger partial charge in [0, 0.05) is 12.2 Å². The van der Waals surface area contributed by atoms with Crippen molar-refractivity contribution in [3.63, 3.8) is 0 Å². The molecule has 4 nitrogen and oxygen atoms in total. The highest BCUT2D eigenvalue weighted by molar-refractivity contribution is 7.92. The molecule has 0 amide bonds. The number of hydrogen-bond acceptors (Lipinski definition) is 3. The van der Waals surface area contributed by atoms with Gasteiger partial charge in [-0.05, 0) is 55.2 Å². The van der Waals surface area contributed by atoms with E-state index in [9.17, 15) is 12.8 Å². The zero-order chi connectivity index (χ0) is 15.9. The van der Waals surface area contributed by atoms with Gasteiger partial charge in [0.1, 0.15) is 5.82 Å². The fourth-order valence-corrected chi connectivity index (χ4v) is 4.61. The van der Waals surface area contributed by atoms with E-state index in [1.807, 2.05) is 0 Å². The van der Waals surface area contributed by atoms with Crippen molar-refractivity contribution in [1.29, 1.82) is 0 Å². The van der Waals surface area contributed by atoms with Crippen molar-refractivity contribution in [3.8, 4) is 0 Å². The lowest BCUT2D eigenvalue weighted by Gasteiger charge is -2.31. The topological polar surface area (TPSA) is 63.4 Å². The number of benzene rings is 2. The van der Waals surface area contributed by atoms with Gasteiger partial charge in [-0.3, -0.25) is 4.31 Å². The number of hydrogen-bond donors (Lipinski definition) is 1. The zero-order valence-corrected chi connectivity index (χ0v) is 13.0. The van der Waals surface area contributed by atoms with Gasteiger partial charge in [-0.1, -0.05) is 12.1 Å². The lowest BCUT2D eigenvalue weighted by atomic mass is 10.0. The SMILES string of the molecule is Cc1ccc(F)cc1S(=O)(=O)N1CCCc2c(N)cccc21. The molecule has 0 saturated carbocycles. The van der Waals surface area contributed by atoms with Crippen LogP contribution in [-0.4, -0.2) is 15.0 Å². The molecule has 22 heavy (non-hydrogen) atoms. The van der Waals surface area contributed by atoms with Gasteiger partial charge >= 0.3 is 0 Å². The van der Waals surface area contributed by atoms with Crippen LogP contribution in [0.4, 0.5) is 15.8 Å². The van der Waals surface area contributed by atoms with Gasteiger partial charge < -0.3 is 5.73 Å². The van der Waals surface area contributed by atoms with Crippen LogP contribution in [0, 0.1) is 12.7 Å². The second-order valence-electron chi connectivity index (χ2n) is 5.44. The van der Waals surface area contributed by atoms with Crippen LogP contribution in [0.1, 0.15) is 17.5 Å². The molecule has 0 radical (unpaired) electrons. The first-order valence-electron chi connectivity index (χ1n) is 7.07. The van der Waals surface area contributed by atoms with Crippen molar-refractivity contribution < 1.29 is 12.8 Å². The Hall–Kier alpha value is -2.08. The van der Waals surface area contributed by atoms with Crippen LogP contribution >= 0.6 is 0 Å². The predicted octanol–water partition coefficient (Wildman–Crippen LogP) is 2.86. The highest BCUT2D eigenvalue weighted by Crippen LogP contribution is 2.35. The molecule has 1 aliphatic rings. The van der Waals surface area contributed by atoms with Gasteiger partial charge in [-0.2, -0.15) is 0 Å². The van der Waals surface area contributed by atoms with Crippen molar-refractivity contribution in [2.75, 3.05) is 16.6 Å². The van der Waals surface area contributed by atoms with Gasteiger partial charge in [0.05, 0.1) is 10.6 Å². The summed E-state index contributed by atoms with van der Waals surface area (Å²) in [4.78, 5) is 0.00257. The number of nitrogen functional groups attached to an aromatic ring is 1. The van der Waals surface area contributed by atoms with Crippen LogP contribution < -0.4 is 10.0 Å². The molecule has 2 aromatic rings. The predicted molar refractivity (Wildman–Crippen MR) is 84.8 cm³/mol. The number of nitrogens with two attached hydrogens (primary N) is 1. The van der Waals surface area contributed by atoms with E-state index in [1.54, 1.807) is 25.1 Å². The smallest absolute Gasteiger partial charge is 0.264 e. The molecular formula is C16H17FN2O2S. The quantitative estimate of drug-likeness (QED) is 0.866. The molecular weight excluding hydrogens is 303 g/mol. The third-order valence-electron chi connectivity index (χ3n) is 3.96. The Morgan fingerprint density at radius 2 is 2.00 bits per heavy atom. The van der Waals surface area contributed by atoms with Crippen LogP contribution in [0.2, 0.25) is 0 Å². The largest absolute Gasteiger partial charge is 0.398 e. The summed E-state index contributed by atoms with van der Waals surface area (Å²) in [6, 6.07) is 9.06. The Kier molecular flexibility index (Phi) is 3.56. The number of anilines is 2. The number of fused-ring (bicyclic) bond motifs is 1. The molecule has 0 fully saturated rings. The number of aryl methyl sites for hydroxylation is 1. The van der Waals surface area contributed by atoms with E-state index in [1.165, 1.54) is 16.4 Å². The van der Waals surface area contributed by atoms with E-state index in [0.29, 0.717) is 29.9 Å². The Morgan fingerprint density at radius 3 is 2.77 bits per heavy atom. The third kappa shape index (κ3) is 2.33. The van der Waals surface area contributed by atoms with E-state index in [0.717, 1.165) is 18.1 Å². The molecule has 0 spiro atoms. The molecule has 6 heteroatoms. The lowest BCUT2D eigenvalue weighted by molar-refractivity contribution is 0.581. The lowest BCUT2D eigenvalue weighted by Crippen LogP contribution is -2.36. The second kappa shape index (κ2) is 5.28. The first-order valence-corrected chi connectivity index (χ1v) is 8.51. The minimum Gasteiger partial charge on any atom is -0.398 e. The van der Waals surface area contributed by atoms with E-state index < -0.39 is 15.8 Å². The standard InChI is InChI=1S/C16H17FN2O2S/c1-11-7-8-12(17)10-16(11)22(20,21)19-9-3-4-13-14(18)5-2-6-15(13)19/h2,5-8,10H,3-4,9,18H2,1H3. The molecule has 0 bridgehead atoms. The van der Waals surface area contributed by atoms with Gasteiger partial charge in [0.2, 0.25) is 0 Å². The molecule has 0 aliphatic carbocycles. The van der Waals surface area contributed by atoms with Crippen molar-refractivity contribution in [1.82, 2.24) is 0 Å². The van der Waals surface area contributed by atoms with Crippen LogP contribution in [0.5, 0.6) is 0 Å². The summed E-state index contributed by atoms with van der Waals surface area (Å²) < 4.78 is 40.7. The maximum atomic E-state index is 13.5. The molecule has 2 N–H and O–H groups in total. The highest BCUT2D eigenvalue weighted by atomic mass is 32.2. The summed E-state index contributed by atoms with van der Waals surface area (Å²) in [5.41, 5.74) is 8.51. The van der Waals surface area contributed by atoms with E-state index in [2.05, 4.69) is 0 Å². The molecule has 0 aromatic heterocycles. The fraction of sp³-hybridized carbons (Fsp3) is 0.250. The second-order valence-corrected chi connectivity index (χ2v) is 7.27. The normalized spacial score (nSPS) is 14.7. The first-order chi connectivity index (χ1) is 10.4. The van der Waals surface area contributed by atoms with Crippen LogP contribution in [0.25, 0.3) is 0 Å². The Morgan fingerprint density at radius 1 is 1.23 bits per heavy atom. The summed E-state index contributed by atoms with van der Waals surface area (Å²) in [5.74, 6) is -0.561. The molecule has 3 rings (SSSR count). The van der Waals surface area contributed by atoms with Gasteiger partial charge in [0.15, 0.2) is 0 Å². The van der Waals surface area contributed by atoms with Crippen LogP contribution in [0.15, 0.2) is 41.3 Å². The Bertz CT molecular complexity index is 834. The zero-order valence-electron chi connectivity index (χ0n) is 12.2. The maximum Gasteiger partial charge on any atom is 0.264 e. The minimum atomic E-state index is -3.81. The van der Waals surface area contributed by atoms with Crippen molar-refractivity contribution in [2.45, 2.75) is 24.7 Å². The van der Waals surface area contributed by atoms with E-state index in [-0.39, 0.29) is 4.90 Å². The number of halogens is 1. The number of rotatable bonds is 2. The molecule has 1 heterocycles. The third-order valence-corrected chi connectivity index (χ3v) is 5.92. The molecule has 0 unspecified atom stereocenters. The van der Waals surface area contributed by atoms with Gasteiger partial charge in [-0.15, -0.1) is 0 Å². The maximum absolute atomic E-state index is 13.5. The van der Waals surface area contributed by atoms with Crippen molar-refractivity contribution in [3.05, 3.63) is 53.3 Å². The van der Waals surface area contributed by atoms with E-state index in [4.69, 9.17) is 5.73 Å². The van der Waals surface area contributed by atoms with Crippen LogP contribution in [-0.2, 0) is 16.4 Å². The number of nitrogens with zero attached hydrogens (tertiary/aromatic N) is 1. The number of sulfonamides is 1.